The molecule has 1 fully saturated rings. The van der Waals surface area contributed by atoms with E-state index in [1.165, 1.54) is 31.9 Å². The molecule has 1 aliphatic rings. The highest BCUT2D eigenvalue weighted by Crippen LogP contribution is 2.13. The molecule has 1 heterocycles. The maximum absolute atomic E-state index is 11.3. The van der Waals surface area contributed by atoms with Gasteiger partial charge in [-0.3, -0.25) is 0 Å². The maximum Gasteiger partial charge on any atom is 0.337 e. The summed E-state index contributed by atoms with van der Waals surface area (Å²) in [6.45, 7) is 1.13. The molecule has 1 atom stereocenters. The van der Waals surface area contributed by atoms with E-state index in [2.05, 4.69) is 10.1 Å². The van der Waals surface area contributed by atoms with Crippen LogP contribution >= 0.6 is 0 Å². The summed E-state index contributed by atoms with van der Waals surface area (Å²) in [4.78, 5) is 11.3. The highest BCUT2D eigenvalue weighted by Gasteiger charge is 2.13. The minimum absolute atomic E-state index is 0.271. The second-order valence-electron chi connectivity index (χ2n) is 4.54. The fourth-order valence-corrected chi connectivity index (χ4v) is 2.28. The van der Waals surface area contributed by atoms with Crippen LogP contribution in [-0.2, 0) is 11.2 Å². The molecule has 1 saturated heterocycles. The van der Waals surface area contributed by atoms with Gasteiger partial charge in [-0.2, -0.15) is 0 Å². The van der Waals surface area contributed by atoms with Crippen molar-refractivity contribution < 1.29 is 9.53 Å². The Hall–Kier alpha value is -1.35. The molecule has 92 valence electrons. The Morgan fingerprint density at radius 3 is 2.71 bits per heavy atom. The summed E-state index contributed by atoms with van der Waals surface area (Å²) in [6, 6.07) is 8.30. The van der Waals surface area contributed by atoms with Crippen LogP contribution in [0.1, 0.15) is 35.2 Å². The van der Waals surface area contributed by atoms with Crippen LogP contribution in [0.3, 0.4) is 0 Å². The van der Waals surface area contributed by atoms with Gasteiger partial charge in [0.05, 0.1) is 12.7 Å². The number of hydrogen-bond donors (Lipinski definition) is 1. The van der Waals surface area contributed by atoms with Gasteiger partial charge in [0.15, 0.2) is 0 Å². The number of hydrogen-bond acceptors (Lipinski definition) is 3. The number of carbonyl (C=O) groups is 1. The van der Waals surface area contributed by atoms with E-state index >= 15 is 0 Å². The third-order valence-electron chi connectivity index (χ3n) is 3.27. The molecule has 0 spiro atoms. The van der Waals surface area contributed by atoms with E-state index in [0.717, 1.165) is 13.0 Å². The van der Waals surface area contributed by atoms with Gasteiger partial charge in [0, 0.05) is 6.04 Å². The average Bonchev–Trinajstić information content (AvgIpc) is 2.40. The van der Waals surface area contributed by atoms with Crippen LogP contribution in [0, 0.1) is 0 Å². The lowest BCUT2D eigenvalue weighted by Gasteiger charge is -2.23. The minimum Gasteiger partial charge on any atom is -0.465 e. The predicted molar refractivity (Wildman–Crippen MR) is 67.1 cm³/mol. The molecule has 0 aromatic heterocycles. The normalized spacial score (nSPS) is 19.9. The van der Waals surface area contributed by atoms with E-state index in [-0.39, 0.29) is 5.97 Å². The van der Waals surface area contributed by atoms with Crippen molar-refractivity contribution in [1.82, 2.24) is 5.32 Å². The van der Waals surface area contributed by atoms with Crippen molar-refractivity contribution in [2.45, 2.75) is 31.7 Å². The lowest BCUT2D eigenvalue weighted by molar-refractivity contribution is 0.0600. The van der Waals surface area contributed by atoms with Gasteiger partial charge in [-0.1, -0.05) is 18.6 Å². The van der Waals surface area contributed by atoms with E-state index in [1.807, 2.05) is 24.3 Å². The summed E-state index contributed by atoms with van der Waals surface area (Å²) in [5.41, 5.74) is 1.89. The zero-order chi connectivity index (χ0) is 12.1. The molecule has 1 aliphatic heterocycles. The molecule has 0 bridgehead atoms. The Balaban J connectivity index is 1.95. The van der Waals surface area contributed by atoms with Crippen LogP contribution in [0.4, 0.5) is 0 Å². The van der Waals surface area contributed by atoms with Crippen molar-refractivity contribution in [3.05, 3.63) is 35.4 Å². The first-order chi connectivity index (χ1) is 8.29. The van der Waals surface area contributed by atoms with E-state index in [9.17, 15) is 4.79 Å². The van der Waals surface area contributed by atoms with Gasteiger partial charge in [-0.05, 0) is 43.5 Å². The fourth-order valence-electron chi connectivity index (χ4n) is 2.28. The van der Waals surface area contributed by atoms with Crippen molar-refractivity contribution >= 4 is 5.97 Å². The molecule has 2 rings (SSSR count). The molecular weight excluding hydrogens is 214 g/mol. The van der Waals surface area contributed by atoms with Crippen LogP contribution in [0.25, 0.3) is 0 Å². The second-order valence-corrected chi connectivity index (χ2v) is 4.54. The lowest BCUT2D eigenvalue weighted by Crippen LogP contribution is -2.35. The summed E-state index contributed by atoms with van der Waals surface area (Å²) in [5.74, 6) is -0.271. The van der Waals surface area contributed by atoms with E-state index < -0.39 is 0 Å². The first kappa shape index (κ1) is 12.1. The van der Waals surface area contributed by atoms with Gasteiger partial charge in [-0.25, -0.2) is 4.79 Å². The molecule has 1 aromatic rings. The van der Waals surface area contributed by atoms with Crippen LogP contribution in [0.15, 0.2) is 24.3 Å². The van der Waals surface area contributed by atoms with E-state index in [4.69, 9.17) is 0 Å². The SMILES string of the molecule is COC(=O)c1ccc(CC2CCCCN2)cc1. The summed E-state index contributed by atoms with van der Waals surface area (Å²) >= 11 is 0. The van der Waals surface area contributed by atoms with Gasteiger partial charge < -0.3 is 10.1 Å². The smallest absolute Gasteiger partial charge is 0.337 e. The van der Waals surface area contributed by atoms with Crippen LogP contribution in [0.5, 0.6) is 0 Å². The summed E-state index contributed by atoms with van der Waals surface area (Å²) < 4.78 is 4.67. The third-order valence-corrected chi connectivity index (χ3v) is 3.27. The quantitative estimate of drug-likeness (QED) is 0.813. The number of esters is 1. The zero-order valence-corrected chi connectivity index (χ0v) is 10.2. The maximum atomic E-state index is 11.3. The second kappa shape index (κ2) is 5.82. The largest absolute Gasteiger partial charge is 0.465 e. The summed E-state index contributed by atoms with van der Waals surface area (Å²) in [5, 5.41) is 3.52. The van der Waals surface area contributed by atoms with Crippen molar-refractivity contribution in [2.24, 2.45) is 0 Å². The monoisotopic (exact) mass is 233 g/mol. The van der Waals surface area contributed by atoms with Crippen molar-refractivity contribution in [1.29, 1.82) is 0 Å². The van der Waals surface area contributed by atoms with Crippen LogP contribution in [-0.4, -0.2) is 25.7 Å². The highest BCUT2D eigenvalue weighted by molar-refractivity contribution is 5.89. The Morgan fingerprint density at radius 2 is 2.12 bits per heavy atom. The van der Waals surface area contributed by atoms with Gasteiger partial charge in [0.1, 0.15) is 0 Å². The molecule has 1 N–H and O–H groups in total. The summed E-state index contributed by atoms with van der Waals surface area (Å²) in [6.07, 6.45) is 4.90. The Labute approximate surface area is 102 Å². The van der Waals surface area contributed by atoms with Crippen LogP contribution in [0.2, 0.25) is 0 Å². The molecule has 0 radical (unpaired) electrons. The Bertz CT molecular complexity index is 366. The molecule has 3 heteroatoms. The van der Waals surface area contributed by atoms with Crippen molar-refractivity contribution in [3.63, 3.8) is 0 Å². The molecule has 0 saturated carbocycles. The summed E-state index contributed by atoms with van der Waals surface area (Å²) in [7, 11) is 1.40. The molecule has 17 heavy (non-hydrogen) atoms. The molecular formula is C14H19NO2. The zero-order valence-electron chi connectivity index (χ0n) is 10.2. The number of carbonyl (C=O) groups excluding carboxylic acids is 1. The van der Waals surface area contributed by atoms with Gasteiger partial charge in [-0.15, -0.1) is 0 Å². The fraction of sp³-hybridized carbons (Fsp3) is 0.500. The van der Waals surface area contributed by atoms with Crippen molar-refractivity contribution in [2.75, 3.05) is 13.7 Å². The number of benzene rings is 1. The first-order valence-electron chi connectivity index (χ1n) is 6.20. The number of rotatable bonds is 3. The molecule has 0 amide bonds. The molecule has 3 nitrogen and oxygen atoms in total. The lowest BCUT2D eigenvalue weighted by atomic mass is 9.97. The number of piperidine rings is 1. The minimum atomic E-state index is -0.271. The standard InChI is InChI=1S/C14H19NO2/c1-17-14(16)12-7-5-11(6-8-12)10-13-4-2-3-9-15-13/h5-8,13,15H,2-4,9-10H2,1H3. The van der Waals surface area contributed by atoms with Crippen LogP contribution < -0.4 is 5.32 Å². The van der Waals surface area contributed by atoms with Gasteiger partial charge in [0.25, 0.3) is 0 Å². The average molecular weight is 233 g/mol. The molecule has 0 aliphatic carbocycles. The van der Waals surface area contributed by atoms with Gasteiger partial charge >= 0.3 is 5.97 Å². The molecule has 1 unspecified atom stereocenters. The topological polar surface area (TPSA) is 38.3 Å². The number of nitrogens with one attached hydrogen (secondary N) is 1. The van der Waals surface area contributed by atoms with Gasteiger partial charge in [0.2, 0.25) is 0 Å². The first-order valence-corrected chi connectivity index (χ1v) is 6.20. The number of ether oxygens (including phenoxy) is 1. The Morgan fingerprint density at radius 1 is 1.35 bits per heavy atom. The third kappa shape index (κ3) is 3.30. The Kier molecular flexibility index (Phi) is 4.15. The molecule has 1 aromatic carbocycles. The predicted octanol–water partition coefficient (Wildman–Crippen LogP) is 2.16. The highest BCUT2D eigenvalue weighted by atomic mass is 16.5. The van der Waals surface area contributed by atoms with Crippen molar-refractivity contribution in [3.8, 4) is 0 Å². The van der Waals surface area contributed by atoms with E-state index in [0.29, 0.717) is 11.6 Å². The van der Waals surface area contributed by atoms with E-state index in [1.54, 1.807) is 0 Å². The number of methoxy groups -OCH3 is 1.